The summed E-state index contributed by atoms with van der Waals surface area (Å²) in [5.74, 6) is 0. The van der Waals surface area contributed by atoms with Gasteiger partial charge in [-0.25, -0.2) is 4.98 Å². The van der Waals surface area contributed by atoms with Crippen LogP contribution in [0.2, 0.25) is 5.02 Å². The molecule has 0 unspecified atom stereocenters. The van der Waals surface area contributed by atoms with Gasteiger partial charge in [0.1, 0.15) is 5.01 Å². The summed E-state index contributed by atoms with van der Waals surface area (Å²) in [7, 11) is 0. The largest absolute Gasteiger partial charge is 0.210 e. The van der Waals surface area contributed by atoms with E-state index in [9.17, 15) is 0 Å². The second kappa shape index (κ2) is 4.12. The number of hydrogen-bond acceptors (Lipinski definition) is 3. The molecular formula is C9H6ClIN2S. The standard InChI is InChI=1S/C9H6ClIN2S/c1-5-4-6(2-3-7(5)10)8-12-9(11)13-14-8/h2-4H,1H3. The molecule has 0 saturated carbocycles. The number of rotatable bonds is 1. The highest BCUT2D eigenvalue weighted by Gasteiger charge is 2.05. The van der Waals surface area contributed by atoms with E-state index in [1.165, 1.54) is 11.5 Å². The average Bonchev–Trinajstić information content (AvgIpc) is 2.57. The number of hydrogen-bond donors (Lipinski definition) is 0. The van der Waals surface area contributed by atoms with Gasteiger partial charge >= 0.3 is 0 Å². The minimum Gasteiger partial charge on any atom is -0.210 e. The lowest BCUT2D eigenvalue weighted by atomic mass is 10.1. The van der Waals surface area contributed by atoms with Crippen molar-refractivity contribution in [2.45, 2.75) is 6.92 Å². The molecule has 0 spiro atoms. The van der Waals surface area contributed by atoms with E-state index in [1.807, 2.05) is 25.1 Å². The van der Waals surface area contributed by atoms with Gasteiger partial charge in [-0.3, -0.25) is 0 Å². The Kier molecular flexibility index (Phi) is 3.04. The van der Waals surface area contributed by atoms with E-state index in [0.717, 1.165) is 25.0 Å². The third-order valence-corrected chi connectivity index (χ3v) is 3.80. The summed E-state index contributed by atoms with van der Waals surface area (Å²) in [6, 6.07) is 5.88. The van der Waals surface area contributed by atoms with Crippen molar-refractivity contribution in [2.24, 2.45) is 0 Å². The molecule has 2 rings (SSSR count). The van der Waals surface area contributed by atoms with Crippen LogP contribution in [0, 0.1) is 10.8 Å². The number of nitrogens with zero attached hydrogens (tertiary/aromatic N) is 2. The van der Waals surface area contributed by atoms with E-state index < -0.39 is 0 Å². The molecule has 2 nitrogen and oxygen atoms in total. The Hall–Kier alpha value is -0.200. The van der Waals surface area contributed by atoms with Crippen LogP contribution in [0.5, 0.6) is 0 Å². The molecule has 0 amide bonds. The first kappa shape index (κ1) is 10.3. The van der Waals surface area contributed by atoms with E-state index in [2.05, 4.69) is 31.9 Å². The summed E-state index contributed by atoms with van der Waals surface area (Å²) in [5.41, 5.74) is 2.14. The lowest BCUT2D eigenvalue weighted by molar-refractivity contribution is 1.25. The number of benzene rings is 1. The average molecular weight is 337 g/mol. The topological polar surface area (TPSA) is 25.8 Å². The molecule has 1 aromatic carbocycles. The highest BCUT2D eigenvalue weighted by atomic mass is 127. The minimum atomic E-state index is 0.785. The highest BCUT2D eigenvalue weighted by Crippen LogP contribution is 2.26. The molecule has 5 heteroatoms. The fraction of sp³-hybridized carbons (Fsp3) is 0.111. The molecule has 0 saturated heterocycles. The lowest BCUT2D eigenvalue weighted by Gasteiger charge is -1.99. The van der Waals surface area contributed by atoms with Crippen LogP contribution in [0.4, 0.5) is 0 Å². The number of aryl methyl sites for hydroxylation is 1. The van der Waals surface area contributed by atoms with Crippen molar-refractivity contribution >= 4 is 45.7 Å². The van der Waals surface area contributed by atoms with E-state index in [0.29, 0.717) is 0 Å². The summed E-state index contributed by atoms with van der Waals surface area (Å²) >= 11 is 9.45. The third kappa shape index (κ3) is 2.07. The zero-order valence-electron chi connectivity index (χ0n) is 7.29. The van der Waals surface area contributed by atoms with Gasteiger partial charge in [0.05, 0.1) is 0 Å². The Bertz CT molecular complexity index is 470. The van der Waals surface area contributed by atoms with E-state index >= 15 is 0 Å². The summed E-state index contributed by atoms with van der Waals surface area (Å²) in [5, 5.41) is 1.72. The molecule has 0 aliphatic carbocycles. The highest BCUT2D eigenvalue weighted by molar-refractivity contribution is 14.1. The summed E-state index contributed by atoms with van der Waals surface area (Å²) in [4.78, 5) is 4.30. The second-order valence-electron chi connectivity index (χ2n) is 2.83. The fourth-order valence-corrected chi connectivity index (χ4v) is 2.48. The Labute approximate surface area is 105 Å². The zero-order valence-corrected chi connectivity index (χ0v) is 11.0. The van der Waals surface area contributed by atoms with Gasteiger partial charge in [0, 0.05) is 33.2 Å². The van der Waals surface area contributed by atoms with Crippen molar-refractivity contribution in [3.63, 3.8) is 0 Å². The van der Waals surface area contributed by atoms with Gasteiger partial charge in [-0.2, -0.15) is 4.37 Å². The minimum absolute atomic E-state index is 0.785. The Morgan fingerprint density at radius 1 is 1.43 bits per heavy atom. The van der Waals surface area contributed by atoms with Crippen LogP contribution in [0.25, 0.3) is 10.6 Å². The van der Waals surface area contributed by atoms with Crippen molar-refractivity contribution in [3.05, 3.63) is 32.6 Å². The molecule has 1 aromatic heterocycles. The second-order valence-corrected chi connectivity index (χ2v) is 4.96. The molecule has 0 bridgehead atoms. The summed E-state index contributed by atoms with van der Waals surface area (Å²) < 4.78 is 4.92. The molecule has 0 fully saturated rings. The van der Waals surface area contributed by atoms with Gasteiger partial charge < -0.3 is 0 Å². The maximum absolute atomic E-state index is 5.94. The predicted octanol–water partition coefficient (Wildman–Crippen LogP) is 3.77. The maximum Gasteiger partial charge on any atom is 0.203 e. The van der Waals surface area contributed by atoms with Gasteiger partial charge in [-0.05, 0) is 36.2 Å². The Balaban J connectivity index is 2.47. The first-order chi connectivity index (χ1) is 6.66. The van der Waals surface area contributed by atoms with Crippen molar-refractivity contribution in [3.8, 4) is 10.6 Å². The molecule has 0 aliphatic rings. The monoisotopic (exact) mass is 336 g/mol. The SMILES string of the molecule is Cc1cc(-c2nc(I)ns2)ccc1Cl. The van der Waals surface area contributed by atoms with E-state index in [-0.39, 0.29) is 0 Å². The molecule has 1 heterocycles. The Morgan fingerprint density at radius 2 is 2.21 bits per heavy atom. The van der Waals surface area contributed by atoms with Crippen LogP contribution in [0.3, 0.4) is 0 Å². The van der Waals surface area contributed by atoms with Crippen LogP contribution >= 0.6 is 45.7 Å². The van der Waals surface area contributed by atoms with E-state index in [1.54, 1.807) is 0 Å². The van der Waals surface area contributed by atoms with Crippen molar-refractivity contribution < 1.29 is 0 Å². The van der Waals surface area contributed by atoms with Crippen LogP contribution in [-0.4, -0.2) is 9.36 Å². The van der Waals surface area contributed by atoms with Gasteiger partial charge in [0.15, 0.2) is 0 Å². The first-order valence-corrected chi connectivity index (χ1v) is 6.15. The summed E-state index contributed by atoms with van der Waals surface area (Å²) in [6.45, 7) is 1.98. The molecule has 0 atom stereocenters. The maximum atomic E-state index is 5.94. The third-order valence-electron chi connectivity index (χ3n) is 1.81. The summed E-state index contributed by atoms with van der Waals surface area (Å²) in [6.07, 6.45) is 0. The van der Waals surface area contributed by atoms with Gasteiger partial charge in [0.25, 0.3) is 0 Å². The molecule has 2 aromatic rings. The van der Waals surface area contributed by atoms with Gasteiger partial charge in [-0.1, -0.05) is 17.7 Å². The van der Waals surface area contributed by atoms with E-state index in [4.69, 9.17) is 11.6 Å². The number of aromatic nitrogens is 2. The van der Waals surface area contributed by atoms with Crippen LogP contribution in [0.1, 0.15) is 5.56 Å². The van der Waals surface area contributed by atoms with Gasteiger partial charge in [-0.15, -0.1) is 0 Å². The quantitative estimate of drug-likeness (QED) is 0.741. The zero-order chi connectivity index (χ0) is 10.1. The molecule has 14 heavy (non-hydrogen) atoms. The normalized spacial score (nSPS) is 10.5. The lowest BCUT2D eigenvalue weighted by Crippen LogP contribution is -1.80. The molecule has 72 valence electrons. The molecule has 0 N–H and O–H groups in total. The molecule has 0 aliphatic heterocycles. The van der Waals surface area contributed by atoms with Crippen LogP contribution < -0.4 is 0 Å². The number of halogens is 2. The molecular weight excluding hydrogens is 331 g/mol. The molecule has 0 radical (unpaired) electrons. The fourth-order valence-electron chi connectivity index (χ4n) is 1.10. The Morgan fingerprint density at radius 3 is 2.79 bits per heavy atom. The van der Waals surface area contributed by atoms with Crippen molar-refractivity contribution in [1.29, 1.82) is 0 Å². The van der Waals surface area contributed by atoms with Crippen LogP contribution in [0.15, 0.2) is 18.2 Å². The predicted molar refractivity (Wildman–Crippen MR) is 67.8 cm³/mol. The first-order valence-electron chi connectivity index (χ1n) is 3.92. The van der Waals surface area contributed by atoms with Crippen molar-refractivity contribution in [2.75, 3.05) is 0 Å². The van der Waals surface area contributed by atoms with Gasteiger partial charge in [0.2, 0.25) is 3.83 Å². The van der Waals surface area contributed by atoms with Crippen molar-refractivity contribution in [1.82, 2.24) is 9.36 Å². The van der Waals surface area contributed by atoms with Crippen LogP contribution in [-0.2, 0) is 0 Å². The smallest absolute Gasteiger partial charge is 0.203 e.